The van der Waals surface area contributed by atoms with Crippen molar-refractivity contribution in [2.75, 3.05) is 0 Å². The fraction of sp³-hybridized carbons (Fsp3) is 0.379. The first-order valence-electron chi connectivity index (χ1n) is 12.2. The molecule has 3 heteroatoms. The van der Waals surface area contributed by atoms with Gasteiger partial charge < -0.3 is 0 Å². The first-order valence-corrected chi connectivity index (χ1v) is 14.6. The first-order chi connectivity index (χ1) is 15.5. The van der Waals surface area contributed by atoms with Gasteiger partial charge in [-0.3, -0.25) is 0 Å². The summed E-state index contributed by atoms with van der Waals surface area (Å²) in [6.07, 6.45) is 5.41. The van der Waals surface area contributed by atoms with Crippen molar-refractivity contribution < 1.29 is 8.78 Å². The van der Waals surface area contributed by atoms with E-state index in [4.69, 9.17) is 0 Å². The minimum absolute atomic E-state index is 0.318. The summed E-state index contributed by atoms with van der Waals surface area (Å²) >= 11 is 0. The molecule has 0 nitrogen and oxygen atoms in total. The Morgan fingerprint density at radius 3 is 2.28 bits per heavy atom. The molecule has 0 amide bonds. The minimum Gasteiger partial charge on any atom is -0.204 e. The monoisotopic (exact) mass is 448 g/mol. The van der Waals surface area contributed by atoms with Gasteiger partial charge in [-0.15, -0.1) is 0 Å². The Morgan fingerprint density at radius 2 is 1.53 bits per heavy atom. The van der Waals surface area contributed by atoms with Crippen LogP contribution in [0.1, 0.15) is 51.0 Å². The third-order valence-electron chi connectivity index (χ3n) is 7.08. The largest absolute Gasteiger partial charge is 0.204 e. The zero-order valence-electron chi connectivity index (χ0n) is 19.3. The molecule has 4 rings (SSSR count). The molecule has 0 aliphatic carbocycles. The van der Waals surface area contributed by atoms with Gasteiger partial charge in [0.1, 0.15) is 0 Å². The Morgan fingerprint density at radius 1 is 0.844 bits per heavy atom. The van der Waals surface area contributed by atoms with Gasteiger partial charge in [-0.2, -0.15) is 0 Å². The molecule has 1 saturated heterocycles. The van der Waals surface area contributed by atoms with Crippen LogP contribution in [0, 0.1) is 17.6 Å². The second-order valence-electron chi connectivity index (χ2n) is 9.81. The molecule has 0 aromatic heterocycles. The van der Waals surface area contributed by atoms with Crippen molar-refractivity contribution in [1.29, 1.82) is 0 Å². The fourth-order valence-electron chi connectivity index (χ4n) is 5.24. The molecule has 0 N–H and O–H groups in total. The van der Waals surface area contributed by atoms with Gasteiger partial charge in [-0.25, -0.2) is 8.78 Å². The van der Waals surface area contributed by atoms with Crippen molar-refractivity contribution in [2.24, 2.45) is 5.92 Å². The van der Waals surface area contributed by atoms with E-state index in [1.54, 1.807) is 12.1 Å². The van der Waals surface area contributed by atoms with Crippen LogP contribution in [0.25, 0.3) is 22.3 Å². The van der Waals surface area contributed by atoms with E-state index in [1.165, 1.54) is 55.4 Å². The molecule has 3 aromatic rings. The van der Waals surface area contributed by atoms with E-state index in [9.17, 15) is 8.78 Å². The van der Waals surface area contributed by atoms with Crippen LogP contribution >= 0.6 is 0 Å². The smallest absolute Gasteiger partial charge is 0.166 e. The molecule has 1 aliphatic heterocycles. The summed E-state index contributed by atoms with van der Waals surface area (Å²) in [5.41, 5.74) is 4.49. The van der Waals surface area contributed by atoms with Crippen LogP contribution in [0.2, 0.25) is 18.1 Å². The van der Waals surface area contributed by atoms with Crippen LogP contribution in [0.15, 0.2) is 66.7 Å². The molecular formula is C29H34F2Si. The summed E-state index contributed by atoms with van der Waals surface area (Å²) in [7, 11) is -0.556. The van der Waals surface area contributed by atoms with Crippen molar-refractivity contribution in [3.05, 3.63) is 83.9 Å². The number of hydrogen-bond donors (Lipinski definition) is 0. The average molecular weight is 449 g/mol. The molecule has 0 spiro atoms. The van der Waals surface area contributed by atoms with E-state index in [2.05, 4.69) is 38.1 Å². The predicted octanol–water partition coefficient (Wildman–Crippen LogP) is 8.84. The topological polar surface area (TPSA) is 0 Å². The Bertz CT molecular complexity index is 1030. The van der Waals surface area contributed by atoms with E-state index in [-0.39, 0.29) is 0 Å². The Hall–Kier alpha value is -2.26. The van der Waals surface area contributed by atoms with Crippen molar-refractivity contribution in [2.45, 2.75) is 63.6 Å². The van der Waals surface area contributed by atoms with Crippen molar-refractivity contribution in [1.82, 2.24) is 0 Å². The van der Waals surface area contributed by atoms with Gasteiger partial charge in [0.05, 0.1) is 0 Å². The van der Waals surface area contributed by atoms with E-state index < -0.39 is 20.4 Å². The zero-order chi connectivity index (χ0) is 22.5. The quantitative estimate of drug-likeness (QED) is 0.317. The minimum atomic E-state index is -0.805. The summed E-state index contributed by atoms with van der Waals surface area (Å²) in [5, 5.41) is 0. The first kappa shape index (κ1) is 22.9. The molecular weight excluding hydrogens is 414 g/mol. The van der Waals surface area contributed by atoms with Crippen LogP contribution in [-0.2, 0) is 0 Å². The lowest BCUT2D eigenvalue weighted by molar-refractivity contribution is 0.511. The third-order valence-corrected chi connectivity index (χ3v) is 10.6. The van der Waals surface area contributed by atoms with Gasteiger partial charge in [0.2, 0.25) is 0 Å². The summed E-state index contributed by atoms with van der Waals surface area (Å²) in [6.45, 7) is 4.65. The third kappa shape index (κ3) is 5.37. The van der Waals surface area contributed by atoms with Crippen LogP contribution < -0.4 is 0 Å². The second-order valence-corrected chi connectivity index (χ2v) is 13.3. The van der Waals surface area contributed by atoms with Gasteiger partial charge >= 0.3 is 0 Å². The van der Waals surface area contributed by atoms with Crippen LogP contribution in [0.3, 0.4) is 0 Å². The lowest BCUT2D eigenvalue weighted by Gasteiger charge is -2.28. The lowest BCUT2D eigenvalue weighted by atomic mass is 9.89. The zero-order valence-corrected chi connectivity index (χ0v) is 20.4. The molecule has 32 heavy (non-hydrogen) atoms. The molecule has 168 valence electrons. The number of hydrogen-bond acceptors (Lipinski definition) is 0. The molecule has 1 fully saturated rings. The molecule has 1 aliphatic rings. The van der Waals surface area contributed by atoms with E-state index in [0.29, 0.717) is 11.5 Å². The van der Waals surface area contributed by atoms with E-state index in [0.717, 1.165) is 22.6 Å². The summed E-state index contributed by atoms with van der Waals surface area (Å²) in [6, 6.07) is 25.3. The van der Waals surface area contributed by atoms with Gasteiger partial charge in [-0.05, 0) is 53.0 Å². The molecule has 0 atom stereocenters. The lowest BCUT2D eigenvalue weighted by Crippen LogP contribution is -2.20. The molecule has 0 radical (unpaired) electrons. The number of benzene rings is 3. The highest BCUT2D eigenvalue weighted by atomic mass is 28.3. The van der Waals surface area contributed by atoms with Crippen LogP contribution in [0.4, 0.5) is 8.78 Å². The Balaban J connectivity index is 1.52. The van der Waals surface area contributed by atoms with Gasteiger partial charge in [-0.1, -0.05) is 105 Å². The highest BCUT2D eigenvalue weighted by molar-refractivity contribution is 6.59. The van der Waals surface area contributed by atoms with Crippen molar-refractivity contribution in [3.8, 4) is 22.3 Å². The predicted molar refractivity (Wildman–Crippen MR) is 135 cm³/mol. The van der Waals surface area contributed by atoms with Crippen molar-refractivity contribution in [3.63, 3.8) is 0 Å². The highest BCUT2D eigenvalue weighted by Crippen LogP contribution is 2.39. The van der Waals surface area contributed by atoms with E-state index in [1.807, 2.05) is 24.3 Å². The summed E-state index contributed by atoms with van der Waals surface area (Å²) in [5.74, 6) is -0.133. The normalized spacial score (nSPS) is 18.8. The van der Waals surface area contributed by atoms with Crippen molar-refractivity contribution >= 4 is 8.80 Å². The fourth-order valence-corrected chi connectivity index (χ4v) is 8.67. The van der Waals surface area contributed by atoms with Gasteiger partial charge in [0.15, 0.2) is 11.6 Å². The van der Waals surface area contributed by atoms with E-state index >= 15 is 0 Å². The summed E-state index contributed by atoms with van der Waals surface area (Å²) in [4.78, 5) is 0. The molecule has 3 aromatic carbocycles. The molecule has 0 saturated carbocycles. The highest BCUT2D eigenvalue weighted by Gasteiger charge is 2.23. The number of halogens is 2. The summed E-state index contributed by atoms with van der Waals surface area (Å²) < 4.78 is 28.4. The Kier molecular flexibility index (Phi) is 7.57. The maximum absolute atomic E-state index is 14.6. The molecule has 0 unspecified atom stereocenters. The Labute approximate surface area is 193 Å². The van der Waals surface area contributed by atoms with Gasteiger partial charge in [0, 0.05) is 14.4 Å². The van der Waals surface area contributed by atoms with Crippen LogP contribution in [0.5, 0.6) is 0 Å². The maximum Gasteiger partial charge on any atom is 0.166 e. The van der Waals surface area contributed by atoms with Crippen LogP contribution in [-0.4, -0.2) is 8.80 Å². The number of rotatable bonds is 7. The standard InChI is InChI=1S/C29H34F2Si/c1-21(2)8-7-17-32-18-15-22(16-19-32)23-9-5-10-24(20-23)25-11-3-4-12-26(25)27-13-6-14-28(30)29(27)31/h3-6,9-14,20-22,32H,7-8,15-19H2,1-2H3/t22-,32-. The SMILES string of the molecule is CC(C)CCC[Si@H]1CC[C@H](c2cccc(-c3ccccc3-c3cccc(F)c3F)c2)CC1. The average Bonchev–Trinajstić information content (AvgIpc) is 2.81. The molecule has 0 bridgehead atoms. The second kappa shape index (κ2) is 10.6. The molecule has 1 heterocycles. The maximum atomic E-state index is 14.6. The van der Waals surface area contributed by atoms with Gasteiger partial charge in [0.25, 0.3) is 0 Å².